The molecule has 9 nitrogen and oxygen atoms in total. The standard InChI is InChI=1S/C18H18N4O5S/c1-10-11(2)21-14-7-12(3-4-13(14)20-10)17(25)27-8-15(23)19-5-6-22-16(24)9-28-18(22)26/h3-4,7H,5-6,8-9H2,1-2H3,(H,19,23). The van der Waals surface area contributed by atoms with Crippen molar-refractivity contribution in [3.05, 3.63) is 35.2 Å². The van der Waals surface area contributed by atoms with Gasteiger partial charge in [0.1, 0.15) is 0 Å². The van der Waals surface area contributed by atoms with Crippen LogP contribution >= 0.6 is 11.8 Å². The molecule has 10 heteroatoms. The maximum absolute atomic E-state index is 12.2. The summed E-state index contributed by atoms with van der Waals surface area (Å²) in [5.41, 5.74) is 3.09. The van der Waals surface area contributed by atoms with Crippen molar-refractivity contribution in [1.29, 1.82) is 0 Å². The number of aromatic nitrogens is 2. The molecule has 28 heavy (non-hydrogen) atoms. The summed E-state index contributed by atoms with van der Waals surface area (Å²) in [7, 11) is 0. The second-order valence-corrected chi connectivity index (χ2v) is 7.05. The quantitative estimate of drug-likeness (QED) is 0.717. The molecule has 3 amide bonds. The van der Waals surface area contributed by atoms with Crippen LogP contribution < -0.4 is 5.32 Å². The van der Waals surface area contributed by atoms with Gasteiger partial charge in [-0.15, -0.1) is 0 Å². The minimum Gasteiger partial charge on any atom is -0.452 e. The number of imide groups is 1. The van der Waals surface area contributed by atoms with E-state index < -0.39 is 18.5 Å². The summed E-state index contributed by atoms with van der Waals surface area (Å²) < 4.78 is 5.01. The van der Waals surface area contributed by atoms with Gasteiger partial charge in [-0.05, 0) is 32.0 Å². The number of nitrogens with one attached hydrogen (secondary N) is 1. The molecule has 1 aliphatic heterocycles. The fraction of sp³-hybridized carbons (Fsp3) is 0.333. The molecule has 0 spiro atoms. The molecule has 1 fully saturated rings. The number of nitrogens with zero attached hydrogens (tertiary/aromatic N) is 3. The molecular formula is C18H18N4O5S. The maximum Gasteiger partial charge on any atom is 0.338 e. The second-order valence-electron chi connectivity index (χ2n) is 6.12. The summed E-state index contributed by atoms with van der Waals surface area (Å²) in [5, 5.41) is 2.18. The van der Waals surface area contributed by atoms with E-state index in [1.807, 2.05) is 13.8 Å². The molecule has 146 valence electrons. The van der Waals surface area contributed by atoms with Gasteiger partial charge in [-0.1, -0.05) is 11.8 Å². The summed E-state index contributed by atoms with van der Waals surface area (Å²) in [6.07, 6.45) is 0. The Hall–Kier alpha value is -3.01. The van der Waals surface area contributed by atoms with Crippen molar-refractivity contribution in [3.63, 3.8) is 0 Å². The third-order valence-electron chi connectivity index (χ3n) is 4.14. The number of fused-ring (bicyclic) bond motifs is 1. The van der Waals surface area contributed by atoms with Gasteiger partial charge in [0.15, 0.2) is 6.61 Å². The summed E-state index contributed by atoms with van der Waals surface area (Å²) in [6.45, 7) is 3.41. The van der Waals surface area contributed by atoms with Crippen molar-refractivity contribution in [1.82, 2.24) is 20.2 Å². The molecule has 1 N–H and O–H groups in total. The number of hydrogen-bond donors (Lipinski definition) is 1. The van der Waals surface area contributed by atoms with Crippen LogP contribution in [0.25, 0.3) is 11.0 Å². The van der Waals surface area contributed by atoms with E-state index in [0.717, 1.165) is 28.0 Å². The van der Waals surface area contributed by atoms with Crippen LogP contribution in [0.4, 0.5) is 4.79 Å². The average molecular weight is 402 g/mol. The third-order valence-corrected chi connectivity index (χ3v) is 5.00. The first-order chi connectivity index (χ1) is 13.3. The van der Waals surface area contributed by atoms with Gasteiger partial charge in [0.25, 0.3) is 11.1 Å². The van der Waals surface area contributed by atoms with Crippen LogP contribution in [0, 0.1) is 13.8 Å². The zero-order valence-corrected chi connectivity index (χ0v) is 16.2. The smallest absolute Gasteiger partial charge is 0.338 e. The highest BCUT2D eigenvalue weighted by Gasteiger charge is 2.29. The molecule has 1 aromatic heterocycles. The van der Waals surface area contributed by atoms with E-state index >= 15 is 0 Å². The molecule has 0 bridgehead atoms. The predicted molar refractivity (Wildman–Crippen MR) is 102 cm³/mol. The third kappa shape index (κ3) is 4.45. The largest absolute Gasteiger partial charge is 0.452 e. The molecule has 0 atom stereocenters. The van der Waals surface area contributed by atoms with Gasteiger partial charge >= 0.3 is 5.97 Å². The van der Waals surface area contributed by atoms with E-state index in [2.05, 4.69) is 15.3 Å². The molecule has 1 aliphatic rings. The molecule has 3 rings (SSSR count). The Morgan fingerprint density at radius 1 is 1.18 bits per heavy atom. The Balaban J connectivity index is 1.50. The summed E-state index contributed by atoms with van der Waals surface area (Å²) in [4.78, 5) is 56.7. The van der Waals surface area contributed by atoms with Crippen molar-refractivity contribution in [3.8, 4) is 0 Å². The van der Waals surface area contributed by atoms with E-state index in [4.69, 9.17) is 4.74 Å². The molecule has 0 unspecified atom stereocenters. The second kappa shape index (κ2) is 8.34. The first kappa shape index (κ1) is 19.7. The molecule has 1 saturated heterocycles. The lowest BCUT2D eigenvalue weighted by Gasteiger charge is -2.13. The highest BCUT2D eigenvalue weighted by Crippen LogP contribution is 2.18. The lowest BCUT2D eigenvalue weighted by atomic mass is 10.2. The molecule has 1 aromatic carbocycles. The number of aryl methyl sites for hydroxylation is 2. The van der Waals surface area contributed by atoms with E-state index in [1.165, 1.54) is 0 Å². The van der Waals surface area contributed by atoms with Crippen LogP contribution in [0.3, 0.4) is 0 Å². The minimum atomic E-state index is -0.654. The Kier molecular flexibility index (Phi) is 5.88. The van der Waals surface area contributed by atoms with Gasteiger partial charge in [0.05, 0.1) is 33.7 Å². The van der Waals surface area contributed by atoms with Crippen LogP contribution in [0.2, 0.25) is 0 Å². The Bertz CT molecular complexity index is 962. The SMILES string of the molecule is Cc1nc2ccc(C(=O)OCC(=O)NCCN3C(=O)CSC3=O)cc2nc1C. The van der Waals surface area contributed by atoms with Crippen molar-refractivity contribution in [2.24, 2.45) is 0 Å². The number of benzene rings is 1. The number of ether oxygens (including phenoxy) is 1. The van der Waals surface area contributed by atoms with Crippen LogP contribution in [-0.4, -0.2) is 63.3 Å². The maximum atomic E-state index is 12.2. The number of rotatable bonds is 6. The van der Waals surface area contributed by atoms with Gasteiger partial charge in [-0.3, -0.25) is 19.3 Å². The molecular weight excluding hydrogens is 384 g/mol. The number of amides is 3. The summed E-state index contributed by atoms with van der Waals surface area (Å²) in [6, 6.07) is 4.80. The fourth-order valence-corrected chi connectivity index (χ4v) is 3.28. The summed E-state index contributed by atoms with van der Waals surface area (Å²) >= 11 is 0.932. The number of carbonyl (C=O) groups is 4. The zero-order valence-electron chi connectivity index (χ0n) is 15.4. The van der Waals surface area contributed by atoms with Crippen LogP contribution in [0.15, 0.2) is 18.2 Å². The fourth-order valence-electron chi connectivity index (χ4n) is 2.53. The first-order valence-corrected chi connectivity index (χ1v) is 9.49. The molecule has 0 aliphatic carbocycles. The minimum absolute atomic E-state index is 0.0897. The monoisotopic (exact) mass is 402 g/mol. The first-order valence-electron chi connectivity index (χ1n) is 8.51. The van der Waals surface area contributed by atoms with Gasteiger partial charge < -0.3 is 10.1 Å². The number of hydrogen-bond acceptors (Lipinski definition) is 8. The van der Waals surface area contributed by atoms with E-state index in [9.17, 15) is 19.2 Å². The van der Waals surface area contributed by atoms with Crippen LogP contribution in [-0.2, 0) is 14.3 Å². The van der Waals surface area contributed by atoms with Gasteiger partial charge in [0.2, 0.25) is 5.91 Å². The zero-order chi connectivity index (χ0) is 20.3. The molecule has 2 aromatic rings. The number of thioether (sulfide) groups is 1. The Morgan fingerprint density at radius 2 is 1.89 bits per heavy atom. The van der Waals surface area contributed by atoms with Crippen molar-refractivity contribution in [2.75, 3.05) is 25.4 Å². The lowest BCUT2D eigenvalue weighted by molar-refractivity contribution is -0.126. The normalized spacial score (nSPS) is 13.9. The Morgan fingerprint density at radius 3 is 2.57 bits per heavy atom. The molecule has 2 heterocycles. The van der Waals surface area contributed by atoms with Gasteiger partial charge in [-0.2, -0.15) is 0 Å². The van der Waals surface area contributed by atoms with Crippen molar-refractivity contribution in [2.45, 2.75) is 13.8 Å². The van der Waals surface area contributed by atoms with E-state index in [1.54, 1.807) is 18.2 Å². The number of carbonyl (C=O) groups excluding carboxylic acids is 4. The van der Waals surface area contributed by atoms with Gasteiger partial charge in [-0.25, -0.2) is 14.8 Å². The Labute approximate surface area is 164 Å². The summed E-state index contributed by atoms with van der Waals surface area (Å²) in [5.74, 6) is -1.33. The van der Waals surface area contributed by atoms with Crippen molar-refractivity contribution >= 4 is 45.8 Å². The van der Waals surface area contributed by atoms with E-state index in [0.29, 0.717) is 11.0 Å². The molecule has 0 saturated carbocycles. The predicted octanol–water partition coefficient (Wildman–Crippen LogP) is 1.22. The highest BCUT2D eigenvalue weighted by molar-refractivity contribution is 8.14. The van der Waals surface area contributed by atoms with Crippen LogP contribution in [0.1, 0.15) is 21.7 Å². The van der Waals surface area contributed by atoms with Gasteiger partial charge in [0, 0.05) is 13.1 Å². The van der Waals surface area contributed by atoms with Crippen LogP contribution in [0.5, 0.6) is 0 Å². The van der Waals surface area contributed by atoms with E-state index in [-0.39, 0.29) is 35.6 Å². The lowest BCUT2D eigenvalue weighted by Crippen LogP contribution is -2.38. The van der Waals surface area contributed by atoms with Crippen molar-refractivity contribution < 1.29 is 23.9 Å². The average Bonchev–Trinajstić information content (AvgIpc) is 2.98. The highest BCUT2D eigenvalue weighted by atomic mass is 32.2. The topological polar surface area (TPSA) is 119 Å². The number of esters is 1. The molecule has 0 radical (unpaired) electrons.